The largest absolute Gasteiger partial charge is 0.480 e. The van der Waals surface area contributed by atoms with E-state index in [1.165, 1.54) is 11.1 Å². The van der Waals surface area contributed by atoms with Crippen LogP contribution in [0.5, 0.6) is 0 Å². The van der Waals surface area contributed by atoms with Gasteiger partial charge in [-0.2, -0.15) is 0 Å². The minimum atomic E-state index is -1.07. The van der Waals surface area contributed by atoms with E-state index in [4.69, 9.17) is 4.74 Å². The highest BCUT2D eigenvalue weighted by atomic mass is 16.5. The van der Waals surface area contributed by atoms with Gasteiger partial charge in [-0.05, 0) is 40.5 Å². The Balaban J connectivity index is 1.52. The summed E-state index contributed by atoms with van der Waals surface area (Å²) in [5.74, 6) is -1.44. The van der Waals surface area contributed by atoms with E-state index in [-0.39, 0.29) is 30.9 Å². The van der Waals surface area contributed by atoms with Crippen LogP contribution >= 0.6 is 0 Å². The quantitative estimate of drug-likeness (QED) is 0.497. The summed E-state index contributed by atoms with van der Waals surface area (Å²) in [5.41, 5.74) is 4.02. The minimum absolute atomic E-state index is 0.0191. The first-order valence-electron chi connectivity index (χ1n) is 11.8. The van der Waals surface area contributed by atoms with Gasteiger partial charge in [0.25, 0.3) is 0 Å². The summed E-state index contributed by atoms with van der Waals surface area (Å²) in [6.07, 6.45) is 0.608. The molecule has 2 amide bonds. The lowest BCUT2D eigenvalue weighted by Gasteiger charge is -2.28. The number of amides is 2. The summed E-state index contributed by atoms with van der Waals surface area (Å²) in [6, 6.07) is 15.1. The number of ether oxygens (including phenoxy) is 1. The number of carbonyl (C=O) groups excluding carboxylic acids is 2. The maximum absolute atomic E-state index is 12.5. The monoisotopic (exact) mass is 466 g/mol. The molecule has 0 bridgehead atoms. The van der Waals surface area contributed by atoms with E-state index in [2.05, 4.69) is 34.9 Å². The van der Waals surface area contributed by atoms with Crippen molar-refractivity contribution in [2.24, 2.45) is 5.41 Å². The third kappa shape index (κ3) is 5.95. The Bertz CT molecular complexity index is 998. The molecule has 34 heavy (non-hydrogen) atoms. The second-order valence-corrected chi connectivity index (χ2v) is 9.82. The highest BCUT2D eigenvalue weighted by Crippen LogP contribution is 2.44. The van der Waals surface area contributed by atoms with E-state index >= 15 is 0 Å². The van der Waals surface area contributed by atoms with Crippen LogP contribution in [0.15, 0.2) is 48.5 Å². The molecule has 2 atom stereocenters. The summed E-state index contributed by atoms with van der Waals surface area (Å²) in [7, 11) is 0. The molecule has 0 aromatic heterocycles. The van der Waals surface area contributed by atoms with E-state index in [0.29, 0.717) is 12.8 Å². The van der Waals surface area contributed by atoms with Gasteiger partial charge in [-0.25, -0.2) is 9.59 Å². The third-order valence-electron chi connectivity index (χ3n) is 6.30. The molecular formula is C27H34N2O5. The molecule has 0 fully saturated rings. The van der Waals surface area contributed by atoms with Gasteiger partial charge in [-0.1, -0.05) is 76.2 Å². The lowest BCUT2D eigenvalue weighted by molar-refractivity contribution is -0.145. The third-order valence-corrected chi connectivity index (χ3v) is 6.30. The van der Waals surface area contributed by atoms with E-state index in [1.807, 2.05) is 31.2 Å². The van der Waals surface area contributed by atoms with Gasteiger partial charge in [-0.15, -0.1) is 0 Å². The number of rotatable bonds is 9. The number of benzene rings is 2. The Morgan fingerprint density at radius 3 is 2.03 bits per heavy atom. The van der Waals surface area contributed by atoms with Gasteiger partial charge in [0.1, 0.15) is 12.6 Å². The fourth-order valence-electron chi connectivity index (χ4n) is 4.37. The number of nitrogens with one attached hydrogen (secondary N) is 2. The molecule has 2 aromatic carbocycles. The number of aliphatic carboxylic acids is 1. The zero-order valence-corrected chi connectivity index (χ0v) is 20.3. The standard InChI is InChI=1S/C27H34N2O5/c1-5-17(14-15-23(30)29-24(25(31)32)27(2,3)4)28-26(33)34-16-22-20-12-8-6-10-18(20)19-11-7-9-13-21(19)22/h6-13,17,22,24H,5,14-16H2,1-4H3,(H,28,33)(H,29,30)(H,31,32)/t17?,24-/m1/s1. The minimum Gasteiger partial charge on any atom is -0.480 e. The summed E-state index contributed by atoms with van der Waals surface area (Å²) in [4.78, 5) is 36.3. The van der Waals surface area contributed by atoms with Crippen molar-refractivity contribution in [1.29, 1.82) is 0 Å². The van der Waals surface area contributed by atoms with Crippen LogP contribution in [0.1, 0.15) is 64.0 Å². The lowest BCUT2D eigenvalue weighted by atomic mass is 9.86. The van der Waals surface area contributed by atoms with Crippen molar-refractivity contribution in [3.63, 3.8) is 0 Å². The van der Waals surface area contributed by atoms with Crippen LogP contribution in [0.2, 0.25) is 0 Å². The molecule has 3 rings (SSSR count). The molecular weight excluding hydrogens is 432 g/mol. The number of carbonyl (C=O) groups is 3. The fraction of sp³-hybridized carbons (Fsp3) is 0.444. The van der Waals surface area contributed by atoms with Gasteiger partial charge < -0.3 is 20.5 Å². The predicted octanol–water partition coefficient (Wildman–Crippen LogP) is 4.70. The Hall–Kier alpha value is -3.35. The molecule has 1 aliphatic carbocycles. The molecule has 0 spiro atoms. The summed E-state index contributed by atoms with van der Waals surface area (Å²) < 4.78 is 5.59. The fourth-order valence-corrected chi connectivity index (χ4v) is 4.37. The van der Waals surface area contributed by atoms with Crippen molar-refractivity contribution < 1.29 is 24.2 Å². The van der Waals surface area contributed by atoms with Crippen molar-refractivity contribution in [1.82, 2.24) is 10.6 Å². The van der Waals surface area contributed by atoms with Crippen LogP contribution in [-0.4, -0.2) is 41.8 Å². The van der Waals surface area contributed by atoms with Crippen LogP contribution in [0.3, 0.4) is 0 Å². The Kier molecular flexibility index (Phi) is 7.97. The predicted molar refractivity (Wildman–Crippen MR) is 131 cm³/mol. The van der Waals surface area contributed by atoms with E-state index in [1.54, 1.807) is 20.8 Å². The van der Waals surface area contributed by atoms with Crippen LogP contribution in [-0.2, 0) is 14.3 Å². The van der Waals surface area contributed by atoms with Crippen LogP contribution in [0.25, 0.3) is 11.1 Å². The average Bonchev–Trinajstić information content (AvgIpc) is 3.11. The highest BCUT2D eigenvalue weighted by molar-refractivity contribution is 5.84. The maximum Gasteiger partial charge on any atom is 0.407 e. The van der Waals surface area contributed by atoms with E-state index < -0.39 is 23.5 Å². The van der Waals surface area contributed by atoms with Crippen molar-refractivity contribution >= 4 is 18.0 Å². The number of hydrogen-bond acceptors (Lipinski definition) is 4. The van der Waals surface area contributed by atoms with Crippen LogP contribution in [0, 0.1) is 5.41 Å². The summed E-state index contributed by atoms with van der Waals surface area (Å²) in [6.45, 7) is 7.43. The number of hydrogen-bond donors (Lipinski definition) is 3. The Morgan fingerprint density at radius 1 is 0.971 bits per heavy atom. The summed E-state index contributed by atoms with van der Waals surface area (Å²) >= 11 is 0. The molecule has 0 heterocycles. The van der Waals surface area contributed by atoms with Gasteiger partial charge in [0, 0.05) is 18.4 Å². The molecule has 1 aliphatic rings. The molecule has 182 valence electrons. The zero-order valence-electron chi connectivity index (χ0n) is 20.3. The topological polar surface area (TPSA) is 105 Å². The second-order valence-electron chi connectivity index (χ2n) is 9.82. The van der Waals surface area contributed by atoms with Gasteiger partial charge in [0.2, 0.25) is 5.91 Å². The van der Waals surface area contributed by atoms with Crippen LogP contribution in [0.4, 0.5) is 4.79 Å². The maximum atomic E-state index is 12.5. The first-order valence-corrected chi connectivity index (χ1v) is 11.8. The Morgan fingerprint density at radius 2 is 1.53 bits per heavy atom. The molecule has 0 radical (unpaired) electrons. The first-order chi connectivity index (χ1) is 16.1. The van der Waals surface area contributed by atoms with E-state index in [9.17, 15) is 19.5 Å². The highest BCUT2D eigenvalue weighted by Gasteiger charge is 2.33. The average molecular weight is 467 g/mol. The molecule has 1 unspecified atom stereocenters. The van der Waals surface area contributed by atoms with Crippen molar-refractivity contribution in [2.75, 3.05) is 6.61 Å². The van der Waals surface area contributed by atoms with Gasteiger partial charge in [0.05, 0.1) is 0 Å². The molecule has 7 nitrogen and oxygen atoms in total. The number of fused-ring (bicyclic) bond motifs is 3. The Labute approximate surface area is 200 Å². The number of carboxylic acids is 1. The molecule has 7 heteroatoms. The van der Waals surface area contributed by atoms with Gasteiger partial charge in [0.15, 0.2) is 0 Å². The van der Waals surface area contributed by atoms with Gasteiger partial charge >= 0.3 is 12.1 Å². The normalized spacial score (nSPS) is 14.5. The number of alkyl carbamates (subject to hydrolysis) is 1. The lowest BCUT2D eigenvalue weighted by Crippen LogP contribution is -2.49. The first kappa shape index (κ1) is 25.3. The van der Waals surface area contributed by atoms with Gasteiger partial charge in [-0.3, -0.25) is 4.79 Å². The molecule has 0 saturated heterocycles. The second kappa shape index (κ2) is 10.7. The summed E-state index contributed by atoms with van der Waals surface area (Å²) in [5, 5.41) is 14.8. The van der Waals surface area contributed by atoms with E-state index in [0.717, 1.165) is 11.1 Å². The molecule has 3 N–H and O–H groups in total. The zero-order chi connectivity index (χ0) is 24.9. The SMILES string of the molecule is CCC(CCC(=O)N[C@H](C(=O)O)C(C)(C)C)NC(=O)OCC1c2ccccc2-c2ccccc21. The van der Waals surface area contributed by atoms with Crippen molar-refractivity contribution in [3.05, 3.63) is 59.7 Å². The smallest absolute Gasteiger partial charge is 0.407 e. The van der Waals surface area contributed by atoms with Crippen LogP contribution < -0.4 is 10.6 Å². The molecule has 0 aliphatic heterocycles. The number of carboxylic acid groups (broad SMARTS) is 1. The molecule has 2 aromatic rings. The van der Waals surface area contributed by atoms with Crippen molar-refractivity contribution in [2.45, 2.75) is 65.0 Å². The molecule has 0 saturated carbocycles. The van der Waals surface area contributed by atoms with Crippen molar-refractivity contribution in [3.8, 4) is 11.1 Å².